The molecule has 0 aromatic heterocycles. The van der Waals surface area contributed by atoms with Crippen molar-refractivity contribution in [3.63, 3.8) is 0 Å². The van der Waals surface area contributed by atoms with Gasteiger partial charge in [0.05, 0.1) is 5.41 Å². The lowest BCUT2D eigenvalue weighted by atomic mass is 9.67. The normalized spacial score (nSPS) is 14.2. The van der Waals surface area contributed by atoms with E-state index in [4.69, 9.17) is 0 Å². The molecule has 0 aliphatic heterocycles. The molecule has 0 heterocycles. The van der Waals surface area contributed by atoms with Crippen molar-refractivity contribution >= 4 is 49.4 Å². The van der Waals surface area contributed by atoms with E-state index in [9.17, 15) is 0 Å². The maximum atomic E-state index is 2.51. The molecule has 0 unspecified atom stereocenters. The van der Waals surface area contributed by atoms with E-state index in [0.29, 0.717) is 0 Å². The molecule has 10 aromatic carbocycles. The Kier molecular flexibility index (Phi) is 7.26. The quantitative estimate of drug-likeness (QED) is 0.158. The summed E-state index contributed by atoms with van der Waals surface area (Å²) in [7, 11) is 0. The Morgan fingerprint density at radius 1 is 0.288 bits per heavy atom. The Labute approximate surface area is 345 Å². The number of fused-ring (bicyclic) bond motifs is 12. The van der Waals surface area contributed by atoms with Crippen molar-refractivity contribution in [3.05, 3.63) is 246 Å². The molecule has 2 aliphatic rings. The van der Waals surface area contributed by atoms with E-state index in [-0.39, 0.29) is 5.41 Å². The summed E-state index contributed by atoms with van der Waals surface area (Å²) in [5.41, 5.74) is 15.9. The standard InChI is InChI=1S/C58H41N/c1-57(2)53-27-15-13-25-48(53)50-33-30-41(36-55(50)57)59(40-29-32-47-45-23-10-9-21-43(45)44-22-11-12-24-46(44)52(47)35-40)42-31-34-51-49-26-14-16-28-54(49)58(56(51)37-42,38-17-5-3-6-18-38)39-19-7-4-8-20-39/h3-37H,1-2H3. The Bertz CT molecular complexity index is 3230. The minimum absolute atomic E-state index is 0.137. The van der Waals surface area contributed by atoms with Gasteiger partial charge in [-0.2, -0.15) is 0 Å². The summed E-state index contributed by atoms with van der Waals surface area (Å²) < 4.78 is 0. The van der Waals surface area contributed by atoms with Crippen molar-refractivity contribution in [2.24, 2.45) is 0 Å². The van der Waals surface area contributed by atoms with E-state index in [1.807, 2.05) is 0 Å². The first-order valence-corrected chi connectivity index (χ1v) is 20.8. The van der Waals surface area contributed by atoms with Crippen LogP contribution in [0.4, 0.5) is 17.1 Å². The average molecular weight is 752 g/mol. The SMILES string of the molecule is CC1(C)c2ccccc2-c2ccc(N(c3ccc4c(c3)C(c3ccccc3)(c3ccccc3)c3ccccc3-4)c3ccc4c5ccccc5c5ccccc5c4c3)cc21. The summed E-state index contributed by atoms with van der Waals surface area (Å²) in [6, 6.07) is 79.4. The number of nitrogens with zero attached hydrogens (tertiary/aromatic N) is 1. The number of hydrogen-bond donors (Lipinski definition) is 0. The van der Waals surface area contributed by atoms with Crippen LogP contribution in [0.25, 0.3) is 54.6 Å². The number of anilines is 3. The van der Waals surface area contributed by atoms with E-state index >= 15 is 0 Å². The second-order valence-electron chi connectivity index (χ2n) is 16.8. The molecule has 278 valence electrons. The van der Waals surface area contributed by atoms with Crippen LogP contribution in [0.5, 0.6) is 0 Å². The molecule has 0 atom stereocenters. The Morgan fingerprint density at radius 2 is 0.678 bits per heavy atom. The lowest BCUT2D eigenvalue weighted by Crippen LogP contribution is -2.28. The van der Waals surface area contributed by atoms with E-state index in [1.54, 1.807) is 0 Å². The molecule has 59 heavy (non-hydrogen) atoms. The van der Waals surface area contributed by atoms with Crippen LogP contribution in [0.15, 0.2) is 212 Å². The molecule has 0 amide bonds. The molecule has 12 rings (SSSR count). The van der Waals surface area contributed by atoms with E-state index in [1.165, 1.54) is 88.0 Å². The molecular weight excluding hydrogens is 711 g/mol. The van der Waals surface area contributed by atoms with Gasteiger partial charge in [0.2, 0.25) is 0 Å². The van der Waals surface area contributed by atoms with Crippen molar-refractivity contribution in [3.8, 4) is 22.3 Å². The molecule has 1 nitrogen and oxygen atoms in total. The Hall–Kier alpha value is -7.22. The van der Waals surface area contributed by atoms with Crippen molar-refractivity contribution in [1.29, 1.82) is 0 Å². The molecule has 0 N–H and O–H groups in total. The molecule has 1 heteroatoms. The van der Waals surface area contributed by atoms with Crippen LogP contribution >= 0.6 is 0 Å². The van der Waals surface area contributed by atoms with Crippen LogP contribution in [0, 0.1) is 0 Å². The maximum Gasteiger partial charge on any atom is 0.0714 e. The largest absolute Gasteiger partial charge is 0.310 e. The van der Waals surface area contributed by atoms with Gasteiger partial charge in [-0.05, 0) is 124 Å². The van der Waals surface area contributed by atoms with Crippen molar-refractivity contribution in [2.45, 2.75) is 24.7 Å². The first-order valence-electron chi connectivity index (χ1n) is 20.8. The zero-order valence-electron chi connectivity index (χ0n) is 33.2. The van der Waals surface area contributed by atoms with Crippen LogP contribution in [0.3, 0.4) is 0 Å². The third-order valence-electron chi connectivity index (χ3n) is 13.5. The highest BCUT2D eigenvalue weighted by Gasteiger charge is 2.46. The minimum atomic E-state index is -0.504. The third-order valence-corrected chi connectivity index (χ3v) is 13.5. The molecule has 2 aliphatic carbocycles. The summed E-state index contributed by atoms with van der Waals surface area (Å²) in [5, 5.41) is 7.64. The fraction of sp³-hybridized carbons (Fsp3) is 0.0690. The molecule has 10 aromatic rings. The minimum Gasteiger partial charge on any atom is -0.310 e. The molecule has 0 bridgehead atoms. The van der Waals surface area contributed by atoms with Crippen molar-refractivity contribution < 1.29 is 0 Å². The first kappa shape index (κ1) is 33.9. The highest BCUT2D eigenvalue weighted by atomic mass is 15.1. The van der Waals surface area contributed by atoms with Gasteiger partial charge in [-0.25, -0.2) is 0 Å². The number of benzene rings is 10. The second-order valence-corrected chi connectivity index (χ2v) is 16.8. The second kappa shape index (κ2) is 12.6. The highest BCUT2D eigenvalue weighted by Crippen LogP contribution is 2.58. The number of hydrogen-bond acceptors (Lipinski definition) is 1. The van der Waals surface area contributed by atoms with Crippen LogP contribution < -0.4 is 4.90 Å². The number of rotatable bonds is 5. The summed E-state index contributed by atoms with van der Waals surface area (Å²) in [4.78, 5) is 2.51. The molecule has 0 fully saturated rings. The Balaban J connectivity index is 1.15. The summed E-state index contributed by atoms with van der Waals surface area (Å²) >= 11 is 0. The predicted octanol–water partition coefficient (Wildman–Crippen LogP) is 15.3. The van der Waals surface area contributed by atoms with Crippen LogP contribution in [-0.4, -0.2) is 0 Å². The van der Waals surface area contributed by atoms with Gasteiger partial charge in [0, 0.05) is 22.5 Å². The van der Waals surface area contributed by atoms with Gasteiger partial charge in [-0.3, -0.25) is 0 Å². The molecule has 0 saturated heterocycles. The fourth-order valence-electron chi connectivity index (χ4n) is 10.9. The molecular formula is C58H41N. The van der Waals surface area contributed by atoms with Gasteiger partial charge in [0.15, 0.2) is 0 Å². The average Bonchev–Trinajstić information content (AvgIpc) is 3.72. The zero-order valence-corrected chi connectivity index (χ0v) is 33.2. The van der Waals surface area contributed by atoms with Gasteiger partial charge < -0.3 is 4.90 Å². The smallest absolute Gasteiger partial charge is 0.0714 e. The Morgan fingerprint density at radius 3 is 1.27 bits per heavy atom. The summed E-state index contributed by atoms with van der Waals surface area (Å²) in [5.74, 6) is 0. The third kappa shape index (κ3) is 4.73. The first-order chi connectivity index (χ1) is 29.0. The van der Waals surface area contributed by atoms with Crippen molar-refractivity contribution in [1.82, 2.24) is 0 Å². The summed E-state index contributed by atoms with van der Waals surface area (Å²) in [6.45, 7) is 4.75. The fourth-order valence-corrected chi connectivity index (χ4v) is 10.9. The van der Waals surface area contributed by atoms with E-state index in [0.717, 1.165) is 17.1 Å². The van der Waals surface area contributed by atoms with Crippen LogP contribution in [0.1, 0.15) is 47.2 Å². The lowest BCUT2D eigenvalue weighted by molar-refractivity contribution is 0.660. The van der Waals surface area contributed by atoms with Gasteiger partial charge in [-0.1, -0.05) is 190 Å². The van der Waals surface area contributed by atoms with Gasteiger partial charge in [0.1, 0.15) is 0 Å². The molecule has 0 spiro atoms. The molecule has 0 saturated carbocycles. The van der Waals surface area contributed by atoms with Gasteiger partial charge >= 0.3 is 0 Å². The van der Waals surface area contributed by atoms with E-state index in [2.05, 4.69) is 231 Å². The van der Waals surface area contributed by atoms with E-state index < -0.39 is 5.41 Å². The lowest BCUT2D eigenvalue weighted by Gasteiger charge is -2.35. The van der Waals surface area contributed by atoms with Crippen LogP contribution in [-0.2, 0) is 10.8 Å². The predicted molar refractivity (Wildman–Crippen MR) is 249 cm³/mol. The van der Waals surface area contributed by atoms with Crippen molar-refractivity contribution in [2.75, 3.05) is 4.90 Å². The summed E-state index contributed by atoms with van der Waals surface area (Å²) in [6.07, 6.45) is 0. The maximum absolute atomic E-state index is 2.51. The molecule has 0 radical (unpaired) electrons. The van der Waals surface area contributed by atoms with Gasteiger partial charge in [-0.15, -0.1) is 0 Å². The van der Waals surface area contributed by atoms with Gasteiger partial charge in [0.25, 0.3) is 0 Å². The van der Waals surface area contributed by atoms with Crippen LogP contribution in [0.2, 0.25) is 0 Å². The zero-order chi connectivity index (χ0) is 39.3. The highest BCUT2D eigenvalue weighted by molar-refractivity contribution is 6.25. The monoisotopic (exact) mass is 751 g/mol. The topological polar surface area (TPSA) is 3.24 Å².